The van der Waals surface area contributed by atoms with Crippen molar-refractivity contribution in [1.82, 2.24) is 0 Å². The maximum Gasteiger partial charge on any atom is 0.198 e. The van der Waals surface area contributed by atoms with Crippen molar-refractivity contribution in [2.45, 2.75) is 32.7 Å². The second-order valence-electron chi connectivity index (χ2n) is 5.97. The largest absolute Gasteiger partial charge is 0.451 e. The van der Waals surface area contributed by atoms with E-state index in [1.54, 1.807) is 18.2 Å². The number of rotatable bonds is 3. The van der Waals surface area contributed by atoms with Gasteiger partial charge in [0.1, 0.15) is 5.75 Å². The van der Waals surface area contributed by atoms with Crippen LogP contribution in [-0.4, -0.2) is 0 Å². The molecule has 0 heterocycles. The van der Waals surface area contributed by atoms with Gasteiger partial charge in [-0.25, -0.2) is 8.78 Å². The van der Waals surface area contributed by atoms with Crippen LogP contribution in [0.15, 0.2) is 36.4 Å². The first kappa shape index (κ1) is 15.4. The first-order valence-corrected chi connectivity index (χ1v) is 6.77. The Morgan fingerprint density at radius 2 is 1.67 bits per heavy atom. The maximum absolute atomic E-state index is 13.9. The van der Waals surface area contributed by atoms with Crippen molar-refractivity contribution in [3.63, 3.8) is 0 Å². The average molecular weight is 291 g/mol. The highest BCUT2D eigenvalue weighted by Gasteiger charge is 2.16. The minimum atomic E-state index is -0.753. The molecule has 2 aromatic rings. The Hall–Kier alpha value is -1.94. The van der Waals surface area contributed by atoms with Crippen LogP contribution >= 0.6 is 0 Å². The van der Waals surface area contributed by atoms with Crippen LogP contribution in [0.1, 0.15) is 31.9 Å². The summed E-state index contributed by atoms with van der Waals surface area (Å²) < 4.78 is 33.2. The van der Waals surface area contributed by atoms with Crippen molar-refractivity contribution >= 4 is 0 Å². The fourth-order valence-corrected chi connectivity index (χ4v) is 1.97. The SMILES string of the molecule is CC(C)(C)c1cccc(Oc2c(F)cc(CN)cc2F)c1. The van der Waals surface area contributed by atoms with Crippen molar-refractivity contribution < 1.29 is 13.5 Å². The minimum absolute atomic E-state index is 0.0696. The molecule has 0 fully saturated rings. The molecule has 2 N–H and O–H groups in total. The summed E-state index contributed by atoms with van der Waals surface area (Å²) in [6.07, 6.45) is 0. The molecule has 0 aromatic heterocycles. The second-order valence-corrected chi connectivity index (χ2v) is 5.97. The standard InChI is InChI=1S/C17H19F2NO/c1-17(2,3)12-5-4-6-13(9-12)21-16-14(18)7-11(10-20)8-15(16)19/h4-9H,10,20H2,1-3H3. The number of halogens is 2. The predicted octanol–water partition coefficient (Wildman–Crippen LogP) is 4.51. The molecule has 0 unspecified atom stereocenters. The van der Waals surface area contributed by atoms with Gasteiger partial charge in [0.2, 0.25) is 0 Å². The lowest BCUT2D eigenvalue weighted by molar-refractivity contribution is 0.405. The summed E-state index contributed by atoms with van der Waals surface area (Å²) in [7, 11) is 0. The molecular formula is C17H19F2NO. The molecule has 0 aliphatic heterocycles. The quantitative estimate of drug-likeness (QED) is 0.902. The molecule has 21 heavy (non-hydrogen) atoms. The molecule has 0 aliphatic rings. The summed E-state index contributed by atoms with van der Waals surface area (Å²) in [5, 5.41) is 0. The van der Waals surface area contributed by atoms with Gasteiger partial charge < -0.3 is 10.5 Å². The highest BCUT2D eigenvalue weighted by molar-refractivity contribution is 5.38. The molecule has 4 heteroatoms. The van der Waals surface area contributed by atoms with Crippen molar-refractivity contribution in [3.05, 3.63) is 59.2 Å². The van der Waals surface area contributed by atoms with E-state index in [0.29, 0.717) is 11.3 Å². The molecular weight excluding hydrogens is 272 g/mol. The van der Waals surface area contributed by atoms with E-state index in [9.17, 15) is 8.78 Å². The van der Waals surface area contributed by atoms with Crippen LogP contribution in [0.4, 0.5) is 8.78 Å². The van der Waals surface area contributed by atoms with Gasteiger partial charge in [0, 0.05) is 6.54 Å². The lowest BCUT2D eigenvalue weighted by Crippen LogP contribution is -2.10. The normalized spacial score (nSPS) is 11.5. The summed E-state index contributed by atoms with van der Waals surface area (Å²) >= 11 is 0. The second kappa shape index (κ2) is 5.82. The molecule has 0 spiro atoms. The van der Waals surface area contributed by atoms with Crippen LogP contribution in [0.25, 0.3) is 0 Å². The number of hydrogen-bond donors (Lipinski definition) is 1. The monoisotopic (exact) mass is 291 g/mol. The van der Waals surface area contributed by atoms with E-state index >= 15 is 0 Å². The van der Waals surface area contributed by atoms with Crippen LogP contribution in [0.2, 0.25) is 0 Å². The van der Waals surface area contributed by atoms with E-state index in [-0.39, 0.29) is 12.0 Å². The summed E-state index contributed by atoms with van der Waals surface area (Å²) in [4.78, 5) is 0. The van der Waals surface area contributed by atoms with Gasteiger partial charge in [-0.05, 0) is 40.8 Å². The molecule has 0 radical (unpaired) electrons. The Morgan fingerprint density at radius 3 is 2.19 bits per heavy atom. The van der Waals surface area contributed by atoms with Crippen LogP contribution < -0.4 is 10.5 Å². The van der Waals surface area contributed by atoms with E-state index in [0.717, 1.165) is 5.56 Å². The van der Waals surface area contributed by atoms with E-state index < -0.39 is 17.4 Å². The van der Waals surface area contributed by atoms with Gasteiger partial charge in [-0.3, -0.25) is 0 Å². The molecule has 0 amide bonds. The fourth-order valence-electron chi connectivity index (χ4n) is 1.97. The van der Waals surface area contributed by atoms with Crippen molar-refractivity contribution in [2.75, 3.05) is 0 Å². The van der Waals surface area contributed by atoms with E-state index in [1.807, 2.05) is 6.07 Å². The van der Waals surface area contributed by atoms with Crippen LogP contribution in [-0.2, 0) is 12.0 Å². The molecule has 0 saturated carbocycles. The van der Waals surface area contributed by atoms with Gasteiger partial charge in [0.05, 0.1) is 0 Å². The summed E-state index contributed by atoms with van der Waals surface area (Å²) in [6.45, 7) is 6.25. The smallest absolute Gasteiger partial charge is 0.198 e. The summed E-state index contributed by atoms with van der Waals surface area (Å²) in [5.74, 6) is -1.51. The Bertz CT molecular complexity index is 624. The molecule has 0 aliphatic carbocycles. The topological polar surface area (TPSA) is 35.2 Å². The third-order valence-corrected chi connectivity index (χ3v) is 3.21. The number of benzene rings is 2. The predicted molar refractivity (Wildman–Crippen MR) is 79.5 cm³/mol. The Labute approximate surface area is 123 Å². The summed E-state index contributed by atoms with van der Waals surface area (Å²) in [6, 6.07) is 9.59. The molecule has 0 atom stereocenters. The fraction of sp³-hybridized carbons (Fsp3) is 0.294. The maximum atomic E-state index is 13.9. The molecule has 112 valence electrons. The average Bonchev–Trinajstić information content (AvgIpc) is 2.42. The zero-order valence-corrected chi connectivity index (χ0v) is 12.4. The lowest BCUT2D eigenvalue weighted by Gasteiger charge is -2.20. The lowest BCUT2D eigenvalue weighted by atomic mass is 9.87. The van der Waals surface area contributed by atoms with E-state index in [1.165, 1.54) is 12.1 Å². The zero-order valence-electron chi connectivity index (χ0n) is 12.4. The third kappa shape index (κ3) is 3.58. The molecule has 0 saturated heterocycles. The van der Waals surface area contributed by atoms with E-state index in [2.05, 4.69) is 20.8 Å². The first-order valence-electron chi connectivity index (χ1n) is 6.77. The zero-order chi connectivity index (χ0) is 15.6. The van der Waals surface area contributed by atoms with Gasteiger partial charge in [-0.15, -0.1) is 0 Å². The van der Waals surface area contributed by atoms with Crippen molar-refractivity contribution in [3.8, 4) is 11.5 Å². The van der Waals surface area contributed by atoms with Crippen LogP contribution in [0.5, 0.6) is 11.5 Å². The number of nitrogens with two attached hydrogens (primary N) is 1. The van der Waals surface area contributed by atoms with Crippen molar-refractivity contribution in [1.29, 1.82) is 0 Å². The highest BCUT2D eigenvalue weighted by Crippen LogP contribution is 2.31. The molecule has 0 bridgehead atoms. The molecule has 2 nitrogen and oxygen atoms in total. The summed E-state index contributed by atoms with van der Waals surface area (Å²) in [5.41, 5.74) is 6.73. The van der Waals surface area contributed by atoms with Gasteiger partial charge in [-0.1, -0.05) is 32.9 Å². The minimum Gasteiger partial charge on any atom is -0.451 e. The van der Waals surface area contributed by atoms with Gasteiger partial charge >= 0.3 is 0 Å². The van der Waals surface area contributed by atoms with Crippen molar-refractivity contribution in [2.24, 2.45) is 5.73 Å². The molecule has 2 rings (SSSR count). The third-order valence-electron chi connectivity index (χ3n) is 3.21. The first-order chi connectivity index (χ1) is 9.81. The number of ether oxygens (including phenoxy) is 1. The van der Waals surface area contributed by atoms with E-state index in [4.69, 9.17) is 10.5 Å². The van der Waals surface area contributed by atoms with Gasteiger partial charge in [0.15, 0.2) is 17.4 Å². The van der Waals surface area contributed by atoms with Crippen LogP contribution in [0, 0.1) is 11.6 Å². The van der Waals surface area contributed by atoms with Gasteiger partial charge in [0.25, 0.3) is 0 Å². The van der Waals surface area contributed by atoms with Gasteiger partial charge in [-0.2, -0.15) is 0 Å². The number of hydrogen-bond acceptors (Lipinski definition) is 2. The highest BCUT2D eigenvalue weighted by atomic mass is 19.1. The van der Waals surface area contributed by atoms with Crippen LogP contribution in [0.3, 0.4) is 0 Å². The Balaban J connectivity index is 2.35. The molecule has 2 aromatic carbocycles. The Kier molecular flexibility index (Phi) is 4.28. The Morgan fingerprint density at radius 1 is 1.05 bits per heavy atom.